The van der Waals surface area contributed by atoms with Gasteiger partial charge in [-0.15, -0.1) is 0 Å². The molecular weight excluding hydrogens is 194 g/mol. The number of likely N-dealkylation sites (tertiary alicyclic amines) is 1. The molecule has 1 fully saturated rings. The molecule has 1 nitrogen and oxygen atoms in total. The molecule has 2 atom stereocenters. The molecule has 1 heteroatoms. The van der Waals surface area contributed by atoms with Crippen LogP contribution in [0.5, 0.6) is 0 Å². The Bertz CT molecular complexity index is 121. The topological polar surface area (TPSA) is 3.24 Å². The second kappa shape index (κ2) is 13.0. The summed E-state index contributed by atoms with van der Waals surface area (Å²) in [7, 11) is 0. The van der Waals surface area contributed by atoms with E-state index in [4.69, 9.17) is 0 Å². The lowest BCUT2D eigenvalue weighted by Gasteiger charge is -2.36. The summed E-state index contributed by atoms with van der Waals surface area (Å²) in [5.41, 5.74) is 0. The molecule has 0 amide bonds. The maximum Gasteiger partial charge on any atom is 0.00644 e. The second-order valence-corrected chi connectivity index (χ2v) is 4.17. The quantitative estimate of drug-likeness (QED) is 0.661. The highest BCUT2D eigenvalue weighted by molar-refractivity contribution is 4.75. The minimum atomic E-state index is 0.805. The summed E-state index contributed by atoms with van der Waals surface area (Å²) in [5.74, 6) is 0.979. The maximum atomic E-state index is 2.66. The van der Waals surface area contributed by atoms with Gasteiger partial charge in [0.15, 0.2) is 0 Å². The third-order valence-electron chi connectivity index (χ3n) is 3.34. The van der Waals surface area contributed by atoms with Crippen molar-refractivity contribution in [3.8, 4) is 0 Å². The highest BCUT2D eigenvalue weighted by Gasteiger charge is 2.20. The van der Waals surface area contributed by atoms with Crippen molar-refractivity contribution in [2.24, 2.45) is 5.92 Å². The fourth-order valence-electron chi connectivity index (χ4n) is 2.09. The molecule has 0 aromatic heterocycles. The van der Waals surface area contributed by atoms with Gasteiger partial charge in [-0.2, -0.15) is 0 Å². The van der Waals surface area contributed by atoms with E-state index in [1.165, 1.54) is 38.8 Å². The van der Waals surface area contributed by atoms with Crippen molar-refractivity contribution in [3.63, 3.8) is 0 Å². The van der Waals surface area contributed by atoms with Crippen LogP contribution in [0.4, 0.5) is 0 Å². The van der Waals surface area contributed by atoms with Crippen molar-refractivity contribution in [1.82, 2.24) is 4.90 Å². The lowest BCUT2D eigenvalue weighted by Crippen LogP contribution is -2.40. The van der Waals surface area contributed by atoms with Gasteiger partial charge in [0.1, 0.15) is 0 Å². The van der Waals surface area contributed by atoms with E-state index in [9.17, 15) is 0 Å². The van der Waals surface area contributed by atoms with E-state index in [0.717, 1.165) is 12.0 Å². The van der Waals surface area contributed by atoms with Crippen LogP contribution in [-0.4, -0.2) is 24.0 Å². The lowest BCUT2D eigenvalue weighted by molar-refractivity contribution is 0.127. The van der Waals surface area contributed by atoms with Crippen molar-refractivity contribution >= 4 is 0 Å². The van der Waals surface area contributed by atoms with Gasteiger partial charge in [0, 0.05) is 12.6 Å². The van der Waals surface area contributed by atoms with Crippen LogP contribution < -0.4 is 0 Å². The molecule has 0 aliphatic carbocycles. The van der Waals surface area contributed by atoms with Crippen molar-refractivity contribution in [2.75, 3.05) is 13.1 Å². The van der Waals surface area contributed by atoms with Gasteiger partial charge < -0.3 is 4.90 Å². The van der Waals surface area contributed by atoms with Gasteiger partial charge in [0.2, 0.25) is 0 Å². The highest BCUT2D eigenvalue weighted by atomic mass is 15.2. The summed E-state index contributed by atoms with van der Waals surface area (Å²) in [6.45, 7) is 17.7. The Labute approximate surface area is 105 Å². The van der Waals surface area contributed by atoms with E-state index in [2.05, 4.69) is 25.7 Å². The second-order valence-electron chi connectivity index (χ2n) is 4.17. The Morgan fingerprint density at radius 1 is 1.12 bits per heavy atom. The molecule has 2 unspecified atom stereocenters. The predicted molar refractivity (Wildman–Crippen MR) is 77.0 cm³/mol. The molecular formula is C15H35N. The van der Waals surface area contributed by atoms with E-state index < -0.39 is 0 Å². The molecule has 1 aliphatic rings. The molecule has 0 saturated carbocycles. The molecule has 0 N–H and O–H groups in total. The third kappa shape index (κ3) is 7.27. The molecule has 16 heavy (non-hydrogen) atoms. The molecule has 0 spiro atoms. The molecule has 1 aliphatic heterocycles. The molecule has 1 rings (SSSR count). The zero-order chi connectivity index (χ0) is 13.0. The molecule has 1 heterocycles. The third-order valence-corrected chi connectivity index (χ3v) is 3.34. The van der Waals surface area contributed by atoms with E-state index in [1.54, 1.807) is 0 Å². The van der Waals surface area contributed by atoms with Crippen molar-refractivity contribution < 1.29 is 0 Å². The minimum Gasteiger partial charge on any atom is -0.300 e. The SMILES string of the molecule is CC.CC.CCC1CCCN(C(C)CC)C1. The van der Waals surface area contributed by atoms with Crippen LogP contribution in [0, 0.1) is 5.92 Å². The van der Waals surface area contributed by atoms with Gasteiger partial charge in [-0.1, -0.05) is 48.0 Å². The highest BCUT2D eigenvalue weighted by Crippen LogP contribution is 2.21. The van der Waals surface area contributed by atoms with Gasteiger partial charge in [0.05, 0.1) is 0 Å². The summed E-state index contributed by atoms with van der Waals surface area (Å²) in [6.07, 6.45) is 5.55. The average Bonchev–Trinajstić information content (AvgIpc) is 2.42. The van der Waals surface area contributed by atoms with Crippen LogP contribution in [0.1, 0.15) is 74.1 Å². The van der Waals surface area contributed by atoms with Crippen LogP contribution in [-0.2, 0) is 0 Å². The molecule has 0 aromatic carbocycles. The Kier molecular flexibility index (Phi) is 14.9. The van der Waals surface area contributed by atoms with E-state index in [0.29, 0.717) is 0 Å². The van der Waals surface area contributed by atoms with Gasteiger partial charge in [-0.25, -0.2) is 0 Å². The number of nitrogens with zero attached hydrogens (tertiary/aromatic N) is 1. The van der Waals surface area contributed by atoms with Crippen LogP contribution in [0.3, 0.4) is 0 Å². The Morgan fingerprint density at radius 3 is 2.12 bits per heavy atom. The number of piperidine rings is 1. The van der Waals surface area contributed by atoms with Gasteiger partial charge in [0.25, 0.3) is 0 Å². The normalized spacial score (nSPS) is 22.3. The minimum absolute atomic E-state index is 0.805. The van der Waals surface area contributed by atoms with Crippen LogP contribution in [0.2, 0.25) is 0 Å². The first-order valence-corrected chi connectivity index (χ1v) is 7.52. The maximum absolute atomic E-state index is 2.66. The summed E-state index contributed by atoms with van der Waals surface area (Å²) in [6, 6.07) is 0.805. The Morgan fingerprint density at radius 2 is 1.69 bits per heavy atom. The lowest BCUT2D eigenvalue weighted by atomic mass is 9.94. The fourth-order valence-corrected chi connectivity index (χ4v) is 2.09. The molecule has 0 bridgehead atoms. The Hall–Kier alpha value is -0.0400. The van der Waals surface area contributed by atoms with Crippen molar-refractivity contribution in [1.29, 1.82) is 0 Å². The first-order chi connectivity index (χ1) is 7.77. The van der Waals surface area contributed by atoms with Crippen molar-refractivity contribution in [2.45, 2.75) is 80.2 Å². The average molecular weight is 229 g/mol. The first-order valence-electron chi connectivity index (χ1n) is 7.52. The first kappa shape index (κ1) is 18.3. The van der Waals surface area contributed by atoms with E-state index in [-0.39, 0.29) is 0 Å². The molecule has 1 saturated heterocycles. The van der Waals surface area contributed by atoms with Crippen LogP contribution in [0.25, 0.3) is 0 Å². The molecule has 0 radical (unpaired) electrons. The van der Waals surface area contributed by atoms with E-state index >= 15 is 0 Å². The predicted octanol–water partition coefficient (Wildman–Crippen LogP) is 4.96. The standard InChI is InChI=1S/C11H23N.2C2H6/c1-4-10(3)12-8-6-7-11(5-2)9-12;2*1-2/h10-11H,4-9H2,1-3H3;2*1-2H3. The van der Waals surface area contributed by atoms with Crippen molar-refractivity contribution in [3.05, 3.63) is 0 Å². The number of rotatable bonds is 3. The summed E-state index contributed by atoms with van der Waals surface area (Å²) in [5, 5.41) is 0. The summed E-state index contributed by atoms with van der Waals surface area (Å²) in [4.78, 5) is 2.66. The summed E-state index contributed by atoms with van der Waals surface area (Å²) >= 11 is 0. The monoisotopic (exact) mass is 229 g/mol. The summed E-state index contributed by atoms with van der Waals surface area (Å²) < 4.78 is 0. The zero-order valence-electron chi connectivity index (χ0n) is 12.8. The Balaban J connectivity index is 0. The van der Waals surface area contributed by atoms with E-state index in [1.807, 2.05) is 27.7 Å². The van der Waals surface area contributed by atoms with Gasteiger partial charge >= 0.3 is 0 Å². The fraction of sp³-hybridized carbons (Fsp3) is 1.00. The van der Waals surface area contributed by atoms with Gasteiger partial charge in [-0.3, -0.25) is 0 Å². The molecule has 100 valence electrons. The smallest absolute Gasteiger partial charge is 0.00644 e. The zero-order valence-corrected chi connectivity index (χ0v) is 12.8. The molecule has 0 aromatic rings. The number of hydrogen-bond acceptors (Lipinski definition) is 1. The van der Waals surface area contributed by atoms with Crippen LogP contribution >= 0.6 is 0 Å². The largest absolute Gasteiger partial charge is 0.300 e. The van der Waals surface area contributed by atoms with Crippen LogP contribution in [0.15, 0.2) is 0 Å². The number of hydrogen-bond donors (Lipinski definition) is 0. The van der Waals surface area contributed by atoms with Gasteiger partial charge in [-0.05, 0) is 38.6 Å².